The largest absolute Gasteiger partial charge is 0.416 e. The molecule has 0 atom stereocenters. The second-order valence-corrected chi connectivity index (χ2v) is 4.35. The summed E-state index contributed by atoms with van der Waals surface area (Å²) < 4.78 is 51.0. The molecule has 0 radical (unpaired) electrons. The third-order valence-corrected chi connectivity index (χ3v) is 2.98. The minimum absolute atomic E-state index is 0.156. The van der Waals surface area contributed by atoms with Gasteiger partial charge in [0.1, 0.15) is 5.82 Å². The van der Waals surface area contributed by atoms with Crippen LogP contribution in [0.2, 0.25) is 0 Å². The van der Waals surface area contributed by atoms with Crippen LogP contribution in [0.1, 0.15) is 11.1 Å². The Kier molecular flexibility index (Phi) is 4.09. The van der Waals surface area contributed by atoms with Gasteiger partial charge in [-0.1, -0.05) is 24.3 Å². The zero-order valence-electron chi connectivity index (χ0n) is 10.4. The van der Waals surface area contributed by atoms with Crippen LogP contribution in [0.25, 0.3) is 11.1 Å². The van der Waals surface area contributed by atoms with Crippen LogP contribution in [0.4, 0.5) is 17.6 Å². The van der Waals surface area contributed by atoms with Crippen molar-refractivity contribution in [2.45, 2.75) is 12.6 Å². The monoisotopic (exact) mass is 284 g/mol. The Hall–Kier alpha value is -1.88. The highest BCUT2D eigenvalue weighted by Gasteiger charge is 2.29. The predicted octanol–water partition coefficient (Wildman–Crippen LogP) is 4.05. The summed E-state index contributed by atoms with van der Waals surface area (Å²) >= 11 is 0. The zero-order valence-corrected chi connectivity index (χ0v) is 10.4. The molecule has 2 aromatic carbocycles. The molecule has 0 aliphatic heterocycles. The molecule has 106 valence electrons. The Balaban J connectivity index is 2.30. The van der Waals surface area contributed by atoms with E-state index in [1.807, 2.05) is 0 Å². The first-order valence-corrected chi connectivity index (χ1v) is 5.99. The van der Waals surface area contributed by atoms with Gasteiger partial charge in [0, 0.05) is 6.61 Å². The molecule has 0 aliphatic rings. The lowest BCUT2D eigenvalue weighted by atomic mass is 10.0. The predicted molar refractivity (Wildman–Crippen MR) is 67.6 cm³/mol. The summed E-state index contributed by atoms with van der Waals surface area (Å²) in [6.45, 7) is -0.156. The number of hydrogen-bond donors (Lipinski definition) is 1. The summed E-state index contributed by atoms with van der Waals surface area (Å²) in [6.07, 6.45) is -4.17. The molecule has 0 spiro atoms. The van der Waals surface area contributed by atoms with Crippen molar-refractivity contribution in [2.75, 3.05) is 6.61 Å². The van der Waals surface area contributed by atoms with Gasteiger partial charge in [-0.25, -0.2) is 4.39 Å². The highest BCUT2D eigenvalue weighted by Crippen LogP contribution is 2.31. The average Bonchev–Trinajstić information content (AvgIpc) is 2.40. The molecular formula is C15H12F4O. The lowest BCUT2D eigenvalue weighted by Crippen LogP contribution is -2.04. The van der Waals surface area contributed by atoms with E-state index in [1.54, 1.807) is 6.07 Å². The number of aliphatic hydroxyl groups excluding tert-OH is 1. The summed E-state index contributed by atoms with van der Waals surface area (Å²) in [7, 11) is 0. The van der Waals surface area contributed by atoms with E-state index in [9.17, 15) is 17.6 Å². The Morgan fingerprint density at radius 1 is 0.900 bits per heavy atom. The third-order valence-electron chi connectivity index (χ3n) is 2.98. The lowest BCUT2D eigenvalue weighted by molar-refractivity contribution is -0.137. The van der Waals surface area contributed by atoms with Crippen LogP contribution in [0, 0.1) is 5.82 Å². The van der Waals surface area contributed by atoms with Crippen LogP contribution in [0.15, 0.2) is 42.5 Å². The van der Waals surface area contributed by atoms with Gasteiger partial charge in [0.25, 0.3) is 0 Å². The molecule has 0 heterocycles. The maximum atomic E-state index is 13.7. The van der Waals surface area contributed by atoms with Crippen LogP contribution in [-0.2, 0) is 12.6 Å². The Morgan fingerprint density at radius 3 is 2.00 bits per heavy atom. The number of alkyl halides is 3. The van der Waals surface area contributed by atoms with Crippen molar-refractivity contribution in [3.8, 4) is 11.1 Å². The second kappa shape index (κ2) is 5.63. The Bertz CT molecular complexity index is 588. The summed E-state index contributed by atoms with van der Waals surface area (Å²) in [5.41, 5.74) is 0.646. The number of rotatable bonds is 3. The Morgan fingerprint density at radius 2 is 1.50 bits per heavy atom. The first-order chi connectivity index (χ1) is 9.41. The van der Waals surface area contributed by atoms with E-state index >= 15 is 0 Å². The number of halogens is 4. The molecule has 0 aliphatic carbocycles. The highest BCUT2D eigenvalue weighted by molar-refractivity contribution is 5.64. The van der Waals surface area contributed by atoms with Crippen molar-refractivity contribution in [2.24, 2.45) is 0 Å². The molecule has 0 fully saturated rings. The van der Waals surface area contributed by atoms with Crippen molar-refractivity contribution >= 4 is 0 Å². The molecule has 2 rings (SSSR count). The van der Waals surface area contributed by atoms with Gasteiger partial charge in [0.15, 0.2) is 0 Å². The van der Waals surface area contributed by atoms with Crippen molar-refractivity contribution in [3.05, 3.63) is 59.4 Å². The minimum Gasteiger partial charge on any atom is -0.396 e. The fourth-order valence-electron chi connectivity index (χ4n) is 1.90. The van der Waals surface area contributed by atoms with Gasteiger partial charge in [-0.15, -0.1) is 0 Å². The van der Waals surface area contributed by atoms with E-state index in [0.29, 0.717) is 16.7 Å². The standard InChI is InChI=1S/C15H12F4O/c16-14-9-12(2-1-11(14)7-8-20)10-3-5-13(6-4-10)15(17,18)19/h1-6,9,20H,7-8H2. The fraction of sp³-hybridized carbons (Fsp3) is 0.200. The van der Waals surface area contributed by atoms with Gasteiger partial charge in [-0.05, 0) is 41.3 Å². The van der Waals surface area contributed by atoms with Gasteiger partial charge in [-0.2, -0.15) is 13.2 Å². The van der Waals surface area contributed by atoms with Crippen molar-refractivity contribution in [1.82, 2.24) is 0 Å². The molecule has 1 N–H and O–H groups in total. The van der Waals surface area contributed by atoms with E-state index in [4.69, 9.17) is 5.11 Å². The molecule has 0 aromatic heterocycles. The smallest absolute Gasteiger partial charge is 0.396 e. The molecule has 0 saturated heterocycles. The van der Waals surface area contributed by atoms with Gasteiger partial charge >= 0.3 is 6.18 Å². The first kappa shape index (κ1) is 14.5. The molecule has 2 aromatic rings. The van der Waals surface area contributed by atoms with E-state index in [2.05, 4.69) is 0 Å². The van der Waals surface area contributed by atoms with Crippen LogP contribution < -0.4 is 0 Å². The molecule has 5 heteroatoms. The van der Waals surface area contributed by atoms with Gasteiger partial charge in [0.05, 0.1) is 5.56 Å². The van der Waals surface area contributed by atoms with E-state index < -0.39 is 17.6 Å². The molecule has 0 unspecified atom stereocenters. The average molecular weight is 284 g/mol. The van der Waals surface area contributed by atoms with Crippen LogP contribution >= 0.6 is 0 Å². The van der Waals surface area contributed by atoms with Crippen LogP contribution in [-0.4, -0.2) is 11.7 Å². The maximum absolute atomic E-state index is 13.7. The topological polar surface area (TPSA) is 20.2 Å². The van der Waals surface area contributed by atoms with Crippen molar-refractivity contribution in [1.29, 1.82) is 0 Å². The van der Waals surface area contributed by atoms with E-state index in [0.717, 1.165) is 12.1 Å². The normalized spacial score (nSPS) is 11.7. The zero-order chi connectivity index (χ0) is 14.8. The fourth-order valence-corrected chi connectivity index (χ4v) is 1.90. The van der Waals surface area contributed by atoms with Gasteiger partial charge in [-0.3, -0.25) is 0 Å². The number of benzene rings is 2. The molecule has 20 heavy (non-hydrogen) atoms. The second-order valence-electron chi connectivity index (χ2n) is 4.35. The third kappa shape index (κ3) is 3.17. The lowest BCUT2D eigenvalue weighted by Gasteiger charge is -2.09. The highest BCUT2D eigenvalue weighted by atomic mass is 19.4. The summed E-state index contributed by atoms with van der Waals surface area (Å²) in [6, 6.07) is 8.96. The molecule has 0 bridgehead atoms. The Labute approximate surface area is 113 Å². The number of aliphatic hydroxyl groups is 1. The molecule has 0 amide bonds. The first-order valence-electron chi connectivity index (χ1n) is 5.99. The molecular weight excluding hydrogens is 272 g/mol. The summed E-state index contributed by atoms with van der Waals surface area (Å²) in [5, 5.41) is 8.76. The maximum Gasteiger partial charge on any atom is 0.416 e. The van der Waals surface area contributed by atoms with Crippen molar-refractivity contribution in [3.63, 3.8) is 0 Å². The van der Waals surface area contributed by atoms with Gasteiger partial charge in [0.2, 0.25) is 0 Å². The minimum atomic E-state index is -4.38. The SMILES string of the molecule is OCCc1ccc(-c2ccc(C(F)(F)F)cc2)cc1F. The van der Waals surface area contributed by atoms with Gasteiger partial charge < -0.3 is 5.11 Å². The van der Waals surface area contributed by atoms with E-state index in [-0.39, 0.29) is 13.0 Å². The van der Waals surface area contributed by atoms with E-state index in [1.165, 1.54) is 24.3 Å². The van der Waals surface area contributed by atoms with Crippen molar-refractivity contribution < 1.29 is 22.7 Å². The van der Waals surface area contributed by atoms with Crippen LogP contribution in [0.3, 0.4) is 0 Å². The van der Waals surface area contributed by atoms with Crippen LogP contribution in [0.5, 0.6) is 0 Å². The molecule has 1 nitrogen and oxygen atoms in total. The summed E-state index contributed by atoms with van der Waals surface area (Å²) in [5.74, 6) is -0.476. The quantitative estimate of drug-likeness (QED) is 0.843. The summed E-state index contributed by atoms with van der Waals surface area (Å²) in [4.78, 5) is 0. The molecule has 0 saturated carbocycles. The number of hydrogen-bond acceptors (Lipinski definition) is 1.